The maximum absolute atomic E-state index is 13.9. The smallest absolute Gasteiger partial charge is 0.256 e. The number of benzene rings is 1. The Morgan fingerprint density at radius 3 is 2.96 bits per heavy atom. The number of methoxy groups -OCH3 is 1. The Bertz CT molecular complexity index is 555. The van der Waals surface area contributed by atoms with Crippen molar-refractivity contribution in [3.63, 3.8) is 0 Å². The Morgan fingerprint density at radius 1 is 1.48 bits per heavy atom. The zero-order chi connectivity index (χ0) is 16.9. The number of nitrogens with one attached hydrogen (secondary N) is 1. The zero-order valence-corrected chi connectivity index (χ0v) is 13.2. The van der Waals surface area contributed by atoms with E-state index in [0.717, 1.165) is 0 Å². The molecule has 0 bridgehead atoms. The minimum Gasteiger partial charge on any atom is -0.497 e. The van der Waals surface area contributed by atoms with Gasteiger partial charge in [0.25, 0.3) is 5.91 Å². The quantitative estimate of drug-likeness (QED) is 0.627. The second kappa shape index (κ2) is 7.72. The molecule has 1 fully saturated rings. The van der Waals surface area contributed by atoms with Gasteiger partial charge in [-0.2, -0.15) is 0 Å². The number of carbonyl (C=O) groups is 1. The molecule has 0 spiro atoms. The summed E-state index contributed by atoms with van der Waals surface area (Å²) in [5.41, 5.74) is -1.16. The van der Waals surface area contributed by atoms with E-state index in [-0.39, 0.29) is 19.7 Å². The number of piperidine rings is 1. The van der Waals surface area contributed by atoms with Gasteiger partial charge in [0, 0.05) is 31.7 Å². The molecule has 0 aliphatic carbocycles. The molecule has 3 N–H and O–H groups in total. The molecule has 1 saturated heterocycles. The summed E-state index contributed by atoms with van der Waals surface area (Å²) >= 11 is 0. The van der Waals surface area contributed by atoms with Crippen LogP contribution in [-0.2, 0) is 11.3 Å². The van der Waals surface area contributed by atoms with Gasteiger partial charge in [-0.1, -0.05) is 0 Å². The van der Waals surface area contributed by atoms with E-state index in [0.29, 0.717) is 37.2 Å². The van der Waals surface area contributed by atoms with E-state index in [1.54, 1.807) is 6.07 Å². The molecule has 0 saturated carbocycles. The molecule has 1 unspecified atom stereocenters. The molecule has 128 valence electrons. The summed E-state index contributed by atoms with van der Waals surface area (Å²) in [7, 11) is 1.49. The maximum atomic E-state index is 13.9. The third-order valence-corrected chi connectivity index (χ3v) is 4.02. The van der Waals surface area contributed by atoms with Crippen LogP contribution < -0.4 is 10.1 Å². The summed E-state index contributed by atoms with van der Waals surface area (Å²) in [6.45, 7) is 0.870. The lowest BCUT2D eigenvalue weighted by Gasteiger charge is -2.38. The van der Waals surface area contributed by atoms with Gasteiger partial charge >= 0.3 is 0 Å². The fourth-order valence-electron chi connectivity index (χ4n) is 2.76. The molecule has 1 aromatic carbocycles. The highest BCUT2D eigenvalue weighted by atomic mass is 19.1. The van der Waals surface area contributed by atoms with Crippen molar-refractivity contribution >= 4 is 5.91 Å². The number of nitrogens with zero attached hydrogens (tertiary/aromatic N) is 1. The van der Waals surface area contributed by atoms with Crippen LogP contribution in [0.1, 0.15) is 18.4 Å². The molecule has 6 nitrogen and oxygen atoms in total. The van der Waals surface area contributed by atoms with Gasteiger partial charge in [-0.05, 0) is 31.0 Å². The zero-order valence-electron chi connectivity index (χ0n) is 13.2. The Hall–Kier alpha value is -1.70. The van der Waals surface area contributed by atoms with E-state index in [1.165, 1.54) is 24.1 Å². The molecule has 7 heteroatoms. The summed E-state index contributed by atoms with van der Waals surface area (Å²) < 4.78 is 19.0. The van der Waals surface area contributed by atoms with Crippen LogP contribution in [0, 0.1) is 5.82 Å². The Labute approximate surface area is 134 Å². The number of aliphatic hydroxyl groups excluding tert-OH is 1. The average Bonchev–Trinajstić information content (AvgIpc) is 2.54. The lowest BCUT2D eigenvalue weighted by atomic mass is 9.91. The van der Waals surface area contributed by atoms with Crippen molar-refractivity contribution in [3.05, 3.63) is 29.6 Å². The maximum Gasteiger partial charge on any atom is 0.256 e. The van der Waals surface area contributed by atoms with Crippen LogP contribution in [0.4, 0.5) is 4.39 Å². The first kappa shape index (κ1) is 17.7. The molecule has 1 aliphatic rings. The van der Waals surface area contributed by atoms with Crippen molar-refractivity contribution in [2.24, 2.45) is 0 Å². The average molecular weight is 326 g/mol. The van der Waals surface area contributed by atoms with Crippen molar-refractivity contribution in [1.82, 2.24) is 10.2 Å². The second-order valence-corrected chi connectivity index (χ2v) is 5.72. The lowest BCUT2D eigenvalue weighted by Crippen LogP contribution is -2.57. The molecule has 1 aliphatic heterocycles. The summed E-state index contributed by atoms with van der Waals surface area (Å²) in [5, 5.41) is 22.2. The number of halogens is 1. The molecule has 2 rings (SSSR count). The van der Waals surface area contributed by atoms with Gasteiger partial charge < -0.3 is 25.2 Å². The van der Waals surface area contributed by atoms with E-state index < -0.39 is 17.3 Å². The van der Waals surface area contributed by atoms with Gasteiger partial charge in [-0.15, -0.1) is 0 Å². The summed E-state index contributed by atoms with van der Waals surface area (Å²) in [6.07, 6.45) is 0.982. The number of likely N-dealkylation sites (tertiary alicyclic amines) is 1. The number of rotatable bonds is 7. The largest absolute Gasteiger partial charge is 0.497 e. The number of hydrogen-bond acceptors (Lipinski definition) is 5. The van der Waals surface area contributed by atoms with Crippen molar-refractivity contribution in [2.75, 3.05) is 33.4 Å². The number of aliphatic hydroxyl groups is 2. The van der Waals surface area contributed by atoms with Crippen LogP contribution in [0.2, 0.25) is 0 Å². The van der Waals surface area contributed by atoms with Crippen LogP contribution >= 0.6 is 0 Å². The highest BCUT2D eigenvalue weighted by Crippen LogP contribution is 2.25. The van der Waals surface area contributed by atoms with Crippen LogP contribution in [0.25, 0.3) is 0 Å². The van der Waals surface area contributed by atoms with Gasteiger partial charge in [0.1, 0.15) is 11.6 Å². The standard InChI is InChI=1S/C16H23FN2O4/c1-23-13-3-4-14(17)12(9-13)10-19-7-2-5-16(22,15(19)21)11-18-6-8-20/h3-4,9,18,20,22H,2,5-8,10-11H2,1H3. The lowest BCUT2D eigenvalue weighted by molar-refractivity contribution is -0.157. The van der Waals surface area contributed by atoms with Crippen LogP contribution in [0.5, 0.6) is 5.75 Å². The van der Waals surface area contributed by atoms with Gasteiger partial charge in [-0.3, -0.25) is 4.79 Å². The molecule has 1 amide bonds. The van der Waals surface area contributed by atoms with Crippen molar-refractivity contribution in [2.45, 2.75) is 25.0 Å². The van der Waals surface area contributed by atoms with Gasteiger partial charge in [0.15, 0.2) is 5.60 Å². The first-order chi connectivity index (χ1) is 11.0. The fraction of sp³-hybridized carbons (Fsp3) is 0.562. The molecule has 1 heterocycles. The molecule has 23 heavy (non-hydrogen) atoms. The van der Waals surface area contributed by atoms with E-state index in [4.69, 9.17) is 9.84 Å². The first-order valence-corrected chi connectivity index (χ1v) is 7.66. The first-order valence-electron chi connectivity index (χ1n) is 7.66. The summed E-state index contributed by atoms with van der Waals surface area (Å²) in [5.74, 6) is -0.312. The van der Waals surface area contributed by atoms with Gasteiger partial charge in [0.2, 0.25) is 0 Å². The fourth-order valence-corrected chi connectivity index (χ4v) is 2.76. The topological polar surface area (TPSA) is 82.0 Å². The minimum atomic E-state index is -1.51. The van der Waals surface area contributed by atoms with Gasteiger partial charge in [0.05, 0.1) is 13.7 Å². The summed E-state index contributed by atoms with van der Waals surface area (Å²) in [4.78, 5) is 14.0. The van der Waals surface area contributed by atoms with E-state index in [1.807, 2.05) is 0 Å². The van der Waals surface area contributed by atoms with Crippen LogP contribution in [0.15, 0.2) is 18.2 Å². The molecule has 0 aromatic heterocycles. The summed E-state index contributed by atoms with van der Waals surface area (Å²) in [6, 6.07) is 4.38. The van der Waals surface area contributed by atoms with E-state index in [9.17, 15) is 14.3 Å². The SMILES string of the molecule is COc1ccc(F)c(CN2CCCC(O)(CNCCO)C2=O)c1. The van der Waals surface area contributed by atoms with Crippen molar-refractivity contribution < 1.29 is 24.1 Å². The predicted molar refractivity (Wildman–Crippen MR) is 82.5 cm³/mol. The molecular weight excluding hydrogens is 303 g/mol. The van der Waals surface area contributed by atoms with Crippen molar-refractivity contribution in [1.29, 1.82) is 0 Å². The highest BCUT2D eigenvalue weighted by molar-refractivity contribution is 5.86. The third kappa shape index (κ3) is 4.19. The Kier molecular flexibility index (Phi) is 5.92. The van der Waals surface area contributed by atoms with E-state index >= 15 is 0 Å². The molecular formula is C16H23FN2O4. The Balaban J connectivity index is 2.09. The monoisotopic (exact) mass is 326 g/mol. The van der Waals surface area contributed by atoms with Crippen molar-refractivity contribution in [3.8, 4) is 5.75 Å². The normalized spacial score (nSPS) is 21.6. The minimum absolute atomic E-state index is 0.0665. The molecule has 0 radical (unpaired) electrons. The van der Waals surface area contributed by atoms with E-state index in [2.05, 4.69) is 5.32 Å². The van der Waals surface area contributed by atoms with Gasteiger partial charge in [-0.25, -0.2) is 4.39 Å². The number of amides is 1. The number of ether oxygens (including phenoxy) is 1. The number of hydrogen-bond donors (Lipinski definition) is 3. The van der Waals surface area contributed by atoms with Crippen LogP contribution in [0.3, 0.4) is 0 Å². The van der Waals surface area contributed by atoms with Crippen LogP contribution in [-0.4, -0.2) is 60.0 Å². The molecule has 1 aromatic rings. The highest BCUT2D eigenvalue weighted by Gasteiger charge is 2.41. The second-order valence-electron chi connectivity index (χ2n) is 5.72. The Morgan fingerprint density at radius 2 is 2.26 bits per heavy atom. The predicted octanol–water partition coefficient (Wildman–Crippen LogP) is 0.270. The third-order valence-electron chi connectivity index (χ3n) is 4.02. The number of carbonyl (C=O) groups excluding carboxylic acids is 1. The molecule has 1 atom stereocenters.